The summed E-state index contributed by atoms with van der Waals surface area (Å²) in [5, 5.41) is 0. The number of aromatic nitrogens is 3. The minimum absolute atomic E-state index is 0.556. The van der Waals surface area contributed by atoms with E-state index < -0.39 is 0 Å². The highest BCUT2D eigenvalue weighted by molar-refractivity contribution is 5.77. The van der Waals surface area contributed by atoms with Crippen LogP contribution in [0.15, 0.2) is 12.3 Å². The van der Waals surface area contributed by atoms with Crippen LogP contribution >= 0.6 is 0 Å². The Morgan fingerprint density at radius 2 is 2.18 bits per heavy atom. The monoisotopic (exact) mass is 233 g/mol. The largest absolute Gasteiger partial charge is 0.369 e. The molecule has 0 saturated carbocycles. The number of imidazole rings is 1. The normalized spacial score (nSPS) is 11.5. The van der Waals surface area contributed by atoms with E-state index >= 15 is 0 Å². The summed E-state index contributed by atoms with van der Waals surface area (Å²) in [5.41, 5.74) is 8.86. The molecule has 0 aliphatic rings. The molecule has 2 aromatic heterocycles. The molecule has 2 rings (SSSR count). The summed E-state index contributed by atoms with van der Waals surface area (Å²) in [7, 11) is 4.13. The highest BCUT2D eigenvalue weighted by atomic mass is 15.2. The summed E-state index contributed by atoms with van der Waals surface area (Å²) in [6.45, 7) is 3.92. The Labute approximate surface area is 101 Å². The van der Waals surface area contributed by atoms with Gasteiger partial charge in [0.25, 0.3) is 0 Å². The van der Waals surface area contributed by atoms with Crippen LogP contribution in [-0.2, 0) is 6.54 Å². The number of hydrogen-bond acceptors (Lipinski definition) is 4. The maximum absolute atomic E-state index is 5.94. The van der Waals surface area contributed by atoms with E-state index in [2.05, 4.69) is 29.0 Å². The second kappa shape index (κ2) is 4.71. The van der Waals surface area contributed by atoms with Crippen LogP contribution in [0.4, 0.5) is 5.95 Å². The van der Waals surface area contributed by atoms with Gasteiger partial charge in [-0.2, -0.15) is 0 Å². The summed E-state index contributed by atoms with van der Waals surface area (Å²) in [6, 6.07) is 1.96. The van der Waals surface area contributed by atoms with Gasteiger partial charge in [0.15, 0.2) is 5.65 Å². The van der Waals surface area contributed by atoms with Gasteiger partial charge >= 0.3 is 0 Å². The maximum atomic E-state index is 5.94. The molecule has 2 N–H and O–H groups in total. The molecule has 5 heteroatoms. The minimum Gasteiger partial charge on any atom is -0.369 e. The van der Waals surface area contributed by atoms with Gasteiger partial charge in [0.05, 0.1) is 0 Å². The van der Waals surface area contributed by atoms with Crippen LogP contribution in [0.1, 0.15) is 12.0 Å². The SMILES string of the molecule is Cc1ccnc2c1nc(N)n2CCCN(C)C. The number of hydrogen-bond donors (Lipinski definition) is 1. The van der Waals surface area contributed by atoms with Crippen LogP contribution in [0, 0.1) is 6.92 Å². The Morgan fingerprint density at radius 1 is 1.41 bits per heavy atom. The van der Waals surface area contributed by atoms with Crippen LogP contribution in [0.2, 0.25) is 0 Å². The standard InChI is InChI=1S/C12H19N5/c1-9-5-6-14-11-10(9)15-12(13)17(11)8-4-7-16(2)3/h5-6H,4,7-8H2,1-3H3,(H2,13,15). The van der Waals surface area contributed by atoms with Crippen molar-refractivity contribution in [3.63, 3.8) is 0 Å². The number of rotatable bonds is 4. The molecule has 0 atom stereocenters. The molecular formula is C12H19N5. The average Bonchev–Trinajstić information content (AvgIpc) is 2.57. The smallest absolute Gasteiger partial charge is 0.202 e. The molecule has 92 valence electrons. The van der Waals surface area contributed by atoms with Crippen LogP contribution in [0.5, 0.6) is 0 Å². The fraction of sp³-hybridized carbons (Fsp3) is 0.500. The molecule has 0 radical (unpaired) electrons. The van der Waals surface area contributed by atoms with Gasteiger partial charge < -0.3 is 10.6 Å². The number of nitrogens with two attached hydrogens (primary N) is 1. The van der Waals surface area contributed by atoms with Crippen molar-refractivity contribution in [3.05, 3.63) is 17.8 Å². The van der Waals surface area contributed by atoms with Crippen molar-refractivity contribution >= 4 is 17.1 Å². The third-order valence-corrected chi connectivity index (χ3v) is 2.85. The van der Waals surface area contributed by atoms with E-state index in [0.29, 0.717) is 5.95 Å². The fourth-order valence-electron chi connectivity index (χ4n) is 1.92. The lowest BCUT2D eigenvalue weighted by Crippen LogP contribution is -2.15. The number of anilines is 1. The minimum atomic E-state index is 0.556. The van der Waals surface area contributed by atoms with Gasteiger partial charge in [0.2, 0.25) is 5.95 Å². The van der Waals surface area contributed by atoms with Crippen molar-refractivity contribution < 1.29 is 0 Å². The molecule has 0 aliphatic heterocycles. The van der Waals surface area contributed by atoms with Crippen molar-refractivity contribution in [2.45, 2.75) is 19.9 Å². The summed E-state index contributed by atoms with van der Waals surface area (Å²) < 4.78 is 1.99. The molecule has 0 amide bonds. The summed E-state index contributed by atoms with van der Waals surface area (Å²) in [5.74, 6) is 0.556. The lowest BCUT2D eigenvalue weighted by molar-refractivity contribution is 0.388. The topological polar surface area (TPSA) is 60.0 Å². The first-order valence-corrected chi connectivity index (χ1v) is 5.81. The van der Waals surface area contributed by atoms with Crippen molar-refractivity contribution in [2.75, 3.05) is 26.4 Å². The molecule has 5 nitrogen and oxygen atoms in total. The average molecular weight is 233 g/mol. The first-order valence-electron chi connectivity index (χ1n) is 5.81. The molecular weight excluding hydrogens is 214 g/mol. The highest BCUT2D eigenvalue weighted by Gasteiger charge is 2.10. The van der Waals surface area contributed by atoms with Crippen molar-refractivity contribution in [1.29, 1.82) is 0 Å². The molecule has 0 spiro atoms. The molecule has 2 aromatic rings. The second-order valence-corrected chi connectivity index (χ2v) is 4.58. The first-order chi connectivity index (χ1) is 8.09. The zero-order chi connectivity index (χ0) is 12.4. The van der Waals surface area contributed by atoms with E-state index in [1.165, 1.54) is 0 Å². The number of pyridine rings is 1. The van der Waals surface area contributed by atoms with Gasteiger partial charge in [0, 0.05) is 12.7 Å². The Balaban J connectivity index is 2.27. The quantitative estimate of drug-likeness (QED) is 0.864. The zero-order valence-corrected chi connectivity index (χ0v) is 10.6. The van der Waals surface area contributed by atoms with Crippen LogP contribution < -0.4 is 5.73 Å². The van der Waals surface area contributed by atoms with Gasteiger partial charge in [-0.25, -0.2) is 9.97 Å². The van der Waals surface area contributed by atoms with E-state index in [4.69, 9.17) is 5.73 Å². The number of nitrogen functional groups attached to an aromatic ring is 1. The maximum Gasteiger partial charge on any atom is 0.202 e. The molecule has 0 aromatic carbocycles. The predicted molar refractivity (Wildman–Crippen MR) is 69.8 cm³/mol. The van der Waals surface area contributed by atoms with E-state index in [0.717, 1.165) is 36.2 Å². The van der Waals surface area contributed by atoms with Gasteiger partial charge in [-0.05, 0) is 45.6 Å². The highest BCUT2D eigenvalue weighted by Crippen LogP contribution is 2.18. The fourth-order valence-corrected chi connectivity index (χ4v) is 1.92. The van der Waals surface area contributed by atoms with Gasteiger partial charge in [-0.1, -0.05) is 0 Å². The van der Waals surface area contributed by atoms with Crippen molar-refractivity contribution in [2.24, 2.45) is 0 Å². The molecule has 0 unspecified atom stereocenters. The Bertz CT molecular complexity index is 515. The van der Waals surface area contributed by atoms with Crippen LogP contribution in [-0.4, -0.2) is 40.1 Å². The van der Waals surface area contributed by atoms with Crippen molar-refractivity contribution in [1.82, 2.24) is 19.4 Å². The van der Waals surface area contributed by atoms with E-state index in [1.54, 1.807) is 6.20 Å². The number of fused-ring (bicyclic) bond motifs is 1. The summed E-state index contributed by atoms with van der Waals surface area (Å²) in [4.78, 5) is 10.9. The number of nitrogens with zero attached hydrogens (tertiary/aromatic N) is 4. The molecule has 0 bridgehead atoms. The van der Waals surface area contributed by atoms with Gasteiger partial charge in [-0.3, -0.25) is 4.57 Å². The van der Waals surface area contributed by atoms with E-state index in [1.807, 2.05) is 17.6 Å². The lowest BCUT2D eigenvalue weighted by atomic mass is 10.3. The molecule has 2 heterocycles. The van der Waals surface area contributed by atoms with E-state index in [-0.39, 0.29) is 0 Å². The van der Waals surface area contributed by atoms with Gasteiger partial charge in [0.1, 0.15) is 5.52 Å². The Kier molecular flexibility index (Phi) is 3.28. The van der Waals surface area contributed by atoms with Crippen LogP contribution in [0.3, 0.4) is 0 Å². The predicted octanol–water partition coefficient (Wildman–Crippen LogP) is 1.27. The first kappa shape index (κ1) is 11.9. The number of aryl methyl sites for hydroxylation is 2. The van der Waals surface area contributed by atoms with Crippen molar-refractivity contribution in [3.8, 4) is 0 Å². The van der Waals surface area contributed by atoms with Crippen LogP contribution in [0.25, 0.3) is 11.2 Å². The Morgan fingerprint density at radius 3 is 2.88 bits per heavy atom. The Hall–Kier alpha value is -1.62. The molecule has 0 saturated heterocycles. The molecule has 0 aliphatic carbocycles. The third-order valence-electron chi connectivity index (χ3n) is 2.85. The van der Waals surface area contributed by atoms with E-state index in [9.17, 15) is 0 Å². The summed E-state index contributed by atoms with van der Waals surface area (Å²) >= 11 is 0. The second-order valence-electron chi connectivity index (χ2n) is 4.58. The zero-order valence-electron chi connectivity index (χ0n) is 10.6. The molecule has 0 fully saturated rings. The molecule has 17 heavy (non-hydrogen) atoms. The third kappa shape index (κ3) is 2.39. The summed E-state index contributed by atoms with van der Waals surface area (Å²) in [6.07, 6.45) is 2.85. The van der Waals surface area contributed by atoms with Gasteiger partial charge in [-0.15, -0.1) is 0 Å². The lowest BCUT2D eigenvalue weighted by Gasteiger charge is -2.10.